The second kappa shape index (κ2) is 3.68. The Morgan fingerprint density at radius 2 is 1.73 bits per heavy atom. The number of hydrogen-bond donors (Lipinski definition) is 2. The van der Waals surface area contributed by atoms with E-state index in [2.05, 4.69) is 4.52 Å². The lowest BCUT2D eigenvalue weighted by atomic mass is 10.0. The molecule has 0 aliphatic carbocycles. The zero-order valence-electron chi connectivity index (χ0n) is 7.07. The molecule has 4 nitrogen and oxygen atoms in total. The van der Waals surface area contributed by atoms with Gasteiger partial charge in [0.1, 0.15) is 0 Å². The smallest absolute Gasteiger partial charge is 0.303 e. The first-order chi connectivity index (χ1) is 4.83. The molecule has 0 atom stereocenters. The van der Waals surface area contributed by atoms with Gasteiger partial charge in [0.15, 0.2) is 0 Å². The van der Waals surface area contributed by atoms with Gasteiger partial charge in [-0.05, 0) is 19.8 Å². The molecule has 0 saturated carbocycles. The standard InChI is InChI=1S/C6H15O4P/c1-4-6(3,5-2)10-11(7,8)9/h4-5H2,1-3H3,(H2,7,8,9). The summed E-state index contributed by atoms with van der Waals surface area (Å²) >= 11 is 0. The normalized spacial score (nSPS) is 13.5. The third-order valence-electron chi connectivity index (χ3n) is 1.84. The van der Waals surface area contributed by atoms with Crippen LogP contribution >= 0.6 is 7.82 Å². The number of rotatable bonds is 4. The van der Waals surface area contributed by atoms with Gasteiger partial charge in [-0.1, -0.05) is 13.8 Å². The highest BCUT2D eigenvalue weighted by Gasteiger charge is 2.29. The topological polar surface area (TPSA) is 66.8 Å². The maximum absolute atomic E-state index is 10.4. The van der Waals surface area contributed by atoms with Gasteiger partial charge in [-0.25, -0.2) is 4.57 Å². The first-order valence-corrected chi connectivity index (χ1v) is 5.12. The molecule has 2 N–H and O–H groups in total. The van der Waals surface area contributed by atoms with Gasteiger partial charge in [-0.2, -0.15) is 0 Å². The maximum Gasteiger partial charge on any atom is 0.470 e. The molecule has 0 aromatic carbocycles. The molecule has 0 aromatic heterocycles. The SMILES string of the molecule is CCC(C)(CC)OP(=O)(O)O. The Bertz CT molecular complexity index is 158. The molecule has 0 heterocycles. The van der Waals surface area contributed by atoms with Crippen molar-refractivity contribution >= 4 is 7.82 Å². The summed E-state index contributed by atoms with van der Waals surface area (Å²) in [4.78, 5) is 17.0. The first kappa shape index (κ1) is 11.1. The van der Waals surface area contributed by atoms with Crippen LogP contribution < -0.4 is 0 Å². The number of phosphoric ester groups is 1. The van der Waals surface area contributed by atoms with Gasteiger partial charge in [0, 0.05) is 0 Å². The Morgan fingerprint density at radius 1 is 1.36 bits per heavy atom. The van der Waals surface area contributed by atoms with E-state index in [0.29, 0.717) is 12.8 Å². The van der Waals surface area contributed by atoms with E-state index in [1.165, 1.54) is 0 Å². The van der Waals surface area contributed by atoms with E-state index < -0.39 is 13.4 Å². The summed E-state index contributed by atoms with van der Waals surface area (Å²) < 4.78 is 15.0. The predicted octanol–water partition coefficient (Wildman–Crippen LogP) is 1.67. The van der Waals surface area contributed by atoms with Crippen LogP contribution in [0.4, 0.5) is 0 Å². The zero-order valence-corrected chi connectivity index (χ0v) is 7.97. The molecule has 0 bridgehead atoms. The summed E-state index contributed by atoms with van der Waals surface area (Å²) in [6.45, 7) is 5.35. The summed E-state index contributed by atoms with van der Waals surface area (Å²) in [6.07, 6.45) is 1.18. The monoisotopic (exact) mass is 182 g/mol. The van der Waals surface area contributed by atoms with Crippen LogP contribution in [0.25, 0.3) is 0 Å². The summed E-state index contributed by atoms with van der Waals surface area (Å²) in [7, 11) is -4.32. The maximum atomic E-state index is 10.4. The van der Waals surface area contributed by atoms with E-state index in [4.69, 9.17) is 9.79 Å². The third-order valence-corrected chi connectivity index (χ3v) is 2.51. The molecule has 0 fully saturated rings. The van der Waals surface area contributed by atoms with Crippen molar-refractivity contribution in [3.05, 3.63) is 0 Å². The van der Waals surface area contributed by atoms with E-state index >= 15 is 0 Å². The van der Waals surface area contributed by atoms with Gasteiger partial charge in [-0.3, -0.25) is 4.52 Å². The summed E-state index contributed by atoms with van der Waals surface area (Å²) in [5.41, 5.74) is -0.695. The van der Waals surface area contributed by atoms with Crippen LogP contribution in [0.1, 0.15) is 33.6 Å². The average molecular weight is 182 g/mol. The van der Waals surface area contributed by atoms with Crippen molar-refractivity contribution in [1.82, 2.24) is 0 Å². The second-order valence-electron chi connectivity index (χ2n) is 2.74. The predicted molar refractivity (Wildman–Crippen MR) is 42.1 cm³/mol. The van der Waals surface area contributed by atoms with Crippen molar-refractivity contribution in [2.45, 2.75) is 39.2 Å². The minimum atomic E-state index is -4.32. The Hall–Kier alpha value is 0.110. The molecule has 0 spiro atoms. The Kier molecular flexibility index (Phi) is 3.71. The fourth-order valence-electron chi connectivity index (χ4n) is 0.666. The lowest BCUT2D eigenvalue weighted by Gasteiger charge is -2.26. The molecular weight excluding hydrogens is 167 g/mol. The van der Waals surface area contributed by atoms with Gasteiger partial charge in [0.05, 0.1) is 5.60 Å². The lowest BCUT2D eigenvalue weighted by molar-refractivity contribution is 0.0429. The van der Waals surface area contributed by atoms with Crippen molar-refractivity contribution in [2.75, 3.05) is 0 Å². The molecule has 0 radical (unpaired) electrons. The van der Waals surface area contributed by atoms with Crippen LogP contribution in [-0.2, 0) is 9.09 Å². The largest absolute Gasteiger partial charge is 0.470 e. The first-order valence-electron chi connectivity index (χ1n) is 3.59. The fourth-order valence-corrected chi connectivity index (χ4v) is 1.50. The Balaban J connectivity index is 4.20. The molecule has 68 valence electrons. The molecule has 11 heavy (non-hydrogen) atoms. The van der Waals surface area contributed by atoms with Crippen molar-refractivity contribution in [3.63, 3.8) is 0 Å². The summed E-state index contributed by atoms with van der Waals surface area (Å²) in [5.74, 6) is 0. The van der Waals surface area contributed by atoms with Crippen molar-refractivity contribution in [1.29, 1.82) is 0 Å². The van der Waals surface area contributed by atoms with Crippen molar-refractivity contribution in [2.24, 2.45) is 0 Å². The van der Waals surface area contributed by atoms with E-state index in [1.807, 2.05) is 13.8 Å². The van der Waals surface area contributed by atoms with Gasteiger partial charge >= 0.3 is 7.82 Å². The van der Waals surface area contributed by atoms with Crippen LogP contribution in [0.3, 0.4) is 0 Å². The minimum Gasteiger partial charge on any atom is -0.303 e. The number of hydrogen-bond acceptors (Lipinski definition) is 2. The highest BCUT2D eigenvalue weighted by Crippen LogP contribution is 2.43. The van der Waals surface area contributed by atoms with Crippen LogP contribution in [0.15, 0.2) is 0 Å². The zero-order chi connectivity index (χ0) is 9.12. The van der Waals surface area contributed by atoms with Gasteiger partial charge < -0.3 is 9.79 Å². The van der Waals surface area contributed by atoms with Crippen LogP contribution in [0.5, 0.6) is 0 Å². The highest BCUT2D eigenvalue weighted by atomic mass is 31.2. The molecule has 0 aliphatic rings. The van der Waals surface area contributed by atoms with E-state index in [0.717, 1.165) is 0 Å². The van der Waals surface area contributed by atoms with Crippen LogP contribution in [0.2, 0.25) is 0 Å². The quantitative estimate of drug-likeness (QED) is 0.649. The third kappa shape index (κ3) is 4.53. The van der Waals surface area contributed by atoms with Crippen LogP contribution in [0, 0.1) is 0 Å². The second-order valence-corrected chi connectivity index (χ2v) is 3.90. The van der Waals surface area contributed by atoms with Crippen molar-refractivity contribution in [3.8, 4) is 0 Å². The molecule has 0 amide bonds. The van der Waals surface area contributed by atoms with Gasteiger partial charge in [0.25, 0.3) is 0 Å². The average Bonchev–Trinajstić information content (AvgIpc) is 1.84. The fraction of sp³-hybridized carbons (Fsp3) is 1.00. The molecule has 0 saturated heterocycles. The molecule has 0 unspecified atom stereocenters. The number of phosphoric acid groups is 1. The van der Waals surface area contributed by atoms with Crippen molar-refractivity contribution < 1.29 is 18.9 Å². The molecule has 0 aliphatic heterocycles. The Labute approximate surface area is 66.8 Å². The minimum absolute atomic E-state index is 0.592. The van der Waals surface area contributed by atoms with Gasteiger partial charge in [-0.15, -0.1) is 0 Å². The van der Waals surface area contributed by atoms with Gasteiger partial charge in [0.2, 0.25) is 0 Å². The highest BCUT2D eigenvalue weighted by molar-refractivity contribution is 7.46. The Morgan fingerprint density at radius 3 is 1.82 bits per heavy atom. The van der Waals surface area contributed by atoms with E-state index in [9.17, 15) is 4.57 Å². The van der Waals surface area contributed by atoms with E-state index in [-0.39, 0.29) is 0 Å². The molecule has 0 aromatic rings. The lowest BCUT2D eigenvalue weighted by Crippen LogP contribution is -2.25. The molecule has 5 heteroatoms. The molecule has 0 rings (SSSR count). The van der Waals surface area contributed by atoms with E-state index in [1.54, 1.807) is 6.92 Å². The molecular formula is C6H15O4P. The van der Waals surface area contributed by atoms with Crippen LogP contribution in [-0.4, -0.2) is 15.4 Å². The summed E-state index contributed by atoms with van der Waals surface area (Å²) in [6, 6.07) is 0. The summed E-state index contributed by atoms with van der Waals surface area (Å²) in [5, 5.41) is 0.